The molecule has 3 rings (SSSR count). The van der Waals surface area contributed by atoms with E-state index in [1.54, 1.807) is 0 Å². The third-order valence-corrected chi connectivity index (χ3v) is 4.47. The number of ether oxygens (including phenoxy) is 2. The van der Waals surface area contributed by atoms with E-state index < -0.39 is 0 Å². The van der Waals surface area contributed by atoms with Gasteiger partial charge in [0.05, 0.1) is 13.2 Å². The molecule has 1 saturated heterocycles. The predicted molar refractivity (Wildman–Crippen MR) is 97.5 cm³/mol. The number of hydrogen-bond donors (Lipinski definition) is 0. The maximum Gasteiger partial charge on any atom is 0.120 e. The van der Waals surface area contributed by atoms with Crippen LogP contribution >= 0.6 is 0 Å². The zero-order valence-corrected chi connectivity index (χ0v) is 14.5. The van der Waals surface area contributed by atoms with Crippen LogP contribution in [-0.2, 0) is 17.8 Å². The minimum Gasteiger partial charge on any atom is -0.489 e. The Kier molecular flexibility index (Phi) is 6.27. The molecule has 2 aromatic rings. The van der Waals surface area contributed by atoms with Gasteiger partial charge in [-0.05, 0) is 49.6 Å². The summed E-state index contributed by atoms with van der Waals surface area (Å²) < 4.78 is 11.3. The second kappa shape index (κ2) is 8.86. The largest absolute Gasteiger partial charge is 0.489 e. The molecule has 0 unspecified atom stereocenters. The molecule has 0 saturated carbocycles. The maximum atomic E-state index is 5.94. The lowest BCUT2D eigenvalue weighted by Gasteiger charge is -2.26. The smallest absolute Gasteiger partial charge is 0.120 e. The van der Waals surface area contributed by atoms with Crippen molar-refractivity contribution in [2.75, 3.05) is 32.8 Å². The van der Waals surface area contributed by atoms with Crippen molar-refractivity contribution in [3.63, 3.8) is 0 Å². The molecule has 1 heterocycles. The molecular weight excluding hydrogens is 298 g/mol. The Bertz CT molecular complexity index is 618. The van der Waals surface area contributed by atoms with Crippen LogP contribution in [0.4, 0.5) is 0 Å². The highest BCUT2D eigenvalue weighted by atomic mass is 16.5. The van der Waals surface area contributed by atoms with Gasteiger partial charge in [-0.3, -0.25) is 4.90 Å². The van der Waals surface area contributed by atoms with Gasteiger partial charge >= 0.3 is 0 Å². The van der Waals surface area contributed by atoms with Crippen molar-refractivity contribution in [2.24, 2.45) is 0 Å². The minimum atomic E-state index is 0.623. The fourth-order valence-corrected chi connectivity index (χ4v) is 2.97. The fraction of sp³-hybridized carbons (Fsp3) is 0.429. The van der Waals surface area contributed by atoms with Crippen LogP contribution in [0.3, 0.4) is 0 Å². The third-order valence-electron chi connectivity index (χ3n) is 4.47. The predicted octanol–water partition coefficient (Wildman–Crippen LogP) is 3.84. The molecule has 0 N–H and O–H groups in total. The quantitative estimate of drug-likeness (QED) is 0.772. The first-order chi connectivity index (χ1) is 11.8. The maximum absolute atomic E-state index is 5.94. The monoisotopic (exact) mass is 325 g/mol. The van der Waals surface area contributed by atoms with Crippen LogP contribution in [0.25, 0.3) is 0 Å². The van der Waals surface area contributed by atoms with Gasteiger partial charge in [0.25, 0.3) is 0 Å². The Hall–Kier alpha value is -1.84. The van der Waals surface area contributed by atoms with Crippen molar-refractivity contribution in [3.05, 3.63) is 65.2 Å². The number of rotatable bonds is 7. The zero-order chi connectivity index (χ0) is 16.6. The van der Waals surface area contributed by atoms with E-state index in [-0.39, 0.29) is 0 Å². The van der Waals surface area contributed by atoms with Gasteiger partial charge < -0.3 is 9.47 Å². The summed E-state index contributed by atoms with van der Waals surface area (Å²) in [5.41, 5.74) is 3.84. The van der Waals surface area contributed by atoms with E-state index in [1.807, 2.05) is 6.07 Å². The molecular formula is C21H27NO2. The summed E-state index contributed by atoms with van der Waals surface area (Å²) in [7, 11) is 0. The van der Waals surface area contributed by atoms with Gasteiger partial charge in [-0.2, -0.15) is 0 Å². The first kappa shape index (κ1) is 17.0. The second-order valence-corrected chi connectivity index (χ2v) is 6.48. The Morgan fingerprint density at radius 3 is 2.58 bits per heavy atom. The van der Waals surface area contributed by atoms with Gasteiger partial charge in [0.2, 0.25) is 0 Å². The highest BCUT2D eigenvalue weighted by Gasteiger charge is 2.09. The summed E-state index contributed by atoms with van der Waals surface area (Å²) in [6.45, 7) is 7.77. The number of morpholine rings is 1. The van der Waals surface area contributed by atoms with Gasteiger partial charge in [0, 0.05) is 13.1 Å². The molecule has 0 atom stereocenters. The molecule has 2 aromatic carbocycles. The van der Waals surface area contributed by atoms with Crippen LogP contribution in [-0.4, -0.2) is 37.7 Å². The van der Waals surface area contributed by atoms with Crippen LogP contribution in [0.5, 0.6) is 5.75 Å². The standard InChI is InChI=1S/C21H27NO2/c1-18-7-9-20(10-8-18)17-24-21-6-2-4-19(16-21)5-3-11-22-12-14-23-15-13-22/h2,4,6-10,16H,3,5,11-15,17H2,1H3. The van der Waals surface area contributed by atoms with Crippen LogP contribution in [0.1, 0.15) is 23.1 Å². The van der Waals surface area contributed by atoms with E-state index in [1.165, 1.54) is 23.1 Å². The molecule has 128 valence electrons. The lowest BCUT2D eigenvalue weighted by Crippen LogP contribution is -2.36. The number of hydrogen-bond acceptors (Lipinski definition) is 3. The molecule has 0 bridgehead atoms. The van der Waals surface area contributed by atoms with E-state index in [9.17, 15) is 0 Å². The molecule has 1 fully saturated rings. The lowest BCUT2D eigenvalue weighted by molar-refractivity contribution is 0.0374. The number of nitrogens with zero attached hydrogens (tertiary/aromatic N) is 1. The topological polar surface area (TPSA) is 21.7 Å². The molecule has 0 aliphatic carbocycles. The molecule has 3 heteroatoms. The lowest BCUT2D eigenvalue weighted by atomic mass is 10.1. The normalized spacial score (nSPS) is 15.4. The van der Waals surface area contributed by atoms with Gasteiger partial charge in [-0.15, -0.1) is 0 Å². The number of aryl methyl sites for hydroxylation is 2. The van der Waals surface area contributed by atoms with Crippen molar-refractivity contribution in [2.45, 2.75) is 26.4 Å². The van der Waals surface area contributed by atoms with E-state index in [0.717, 1.165) is 45.0 Å². The van der Waals surface area contributed by atoms with E-state index in [0.29, 0.717) is 6.61 Å². The summed E-state index contributed by atoms with van der Waals surface area (Å²) in [5, 5.41) is 0. The molecule has 1 aliphatic rings. The van der Waals surface area contributed by atoms with E-state index in [4.69, 9.17) is 9.47 Å². The van der Waals surface area contributed by atoms with Crippen molar-refractivity contribution in [1.82, 2.24) is 4.90 Å². The van der Waals surface area contributed by atoms with Gasteiger partial charge in [0.15, 0.2) is 0 Å². The molecule has 0 amide bonds. The molecule has 24 heavy (non-hydrogen) atoms. The SMILES string of the molecule is Cc1ccc(COc2cccc(CCCN3CCOCC3)c2)cc1. The molecule has 3 nitrogen and oxygen atoms in total. The third kappa shape index (κ3) is 5.36. The summed E-state index contributed by atoms with van der Waals surface area (Å²) in [4.78, 5) is 2.49. The van der Waals surface area contributed by atoms with Gasteiger partial charge in [0.1, 0.15) is 12.4 Å². The second-order valence-electron chi connectivity index (χ2n) is 6.48. The minimum absolute atomic E-state index is 0.623. The average Bonchev–Trinajstić information content (AvgIpc) is 2.63. The first-order valence-electron chi connectivity index (χ1n) is 8.87. The summed E-state index contributed by atoms with van der Waals surface area (Å²) in [5.74, 6) is 0.958. The van der Waals surface area contributed by atoms with Crippen LogP contribution in [0.15, 0.2) is 48.5 Å². The number of benzene rings is 2. The Morgan fingerprint density at radius 1 is 1.00 bits per heavy atom. The van der Waals surface area contributed by atoms with Crippen molar-refractivity contribution >= 4 is 0 Å². The summed E-state index contributed by atoms with van der Waals surface area (Å²) in [6, 6.07) is 17.0. The Balaban J connectivity index is 1.45. The first-order valence-corrected chi connectivity index (χ1v) is 8.87. The van der Waals surface area contributed by atoms with Gasteiger partial charge in [-0.1, -0.05) is 42.0 Å². The highest BCUT2D eigenvalue weighted by Crippen LogP contribution is 2.17. The summed E-state index contributed by atoms with van der Waals surface area (Å²) in [6.07, 6.45) is 2.28. The van der Waals surface area contributed by atoms with E-state index in [2.05, 4.69) is 54.3 Å². The van der Waals surface area contributed by atoms with E-state index >= 15 is 0 Å². The van der Waals surface area contributed by atoms with Gasteiger partial charge in [-0.25, -0.2) is 0 Å². The zero-order valence-electron chi connectivity index (χ0n) is 14.5. The molecule has 0 radical (unpaired) electrons. The van der Waals surface area contributed by atoms with Crippen LogP contribution < -0.4 is 4.74 Å². The fourth-order valence-electron chi connectivity index (χ4n) is 2.97. The van der Waals surface area contributed by atoms with Crippen LogP contribution in [0, 0.1) is 6.92 Å². The summed E-state index contributed by atoms with van der Waals surface area (Å²) >= 11 is 0. The Labute approximate surface area is 145 Å². The molecule has 1 aliphatic heterocycles. The molecule has 0 aromatic heterocycles. The van der Waals surface area contributed by atoms with Crippen molar-refractivity contribution < 1.29 is 9.47 Å². The Morgan fingerprint density at radius 2 is 1.79 bits per heavy atom. The van der Waals surface area contributed by atoms with Crippen molar-refractivity contribution in [1.29, 1.82) is 0 Å². The highest BCUT2D eigenvalue weighted by molar-refractivity contribution is 5.29. The average molecular weight is 325 g/mol. The van der Waals surface area contributed by atoms with Crippen molar-refractivity contribution in [3.8, 4) is 5.75 Å². The molecule has 0 spiro atoms. The van der Waals surface area contributed by atoms with Crippen LogP contribution in [0.2, 0.25) is 0 Å².